The lowest BCUT2D eigenvalue weighted by atomic mass is 10.2. The highest BCUT2D eigenvalue weighted by molar-refractivity contribution is 6.29. The van der Waals surface area contributed by atoms with E-state index < -0.39 is 13.0 Å². The van der Waals surface area contributed by atoms with E-state index in [1.807, 2.05) is 6.92 Å². The summed E-state index contributed by atoms with van der Waals surface area (Å²) in [5.41, 5.74) is 8.23. The van der Waals surface area contributed by atoms with E-state index in [0.717, 1.165) is 4.68 Å². The van der Waals surface area contributed by atoms with Gasteiger partial charge in [-0.1, -0.05) is 23.4 Å². The van der Waals surface area contributed by atoms with Gasteiger partial charge >= 0.3 is 0 Å². The van der Waals surface area contributed by atoms with Crippen molar-refractivity contribution in [3.8, 4) is 29.1 Å². The second-order valence-corrected chi connectivity index (χ2v) is 8.51. The van der Waals surface area contributed by atoms with E-state index in [2.05, 4.69) is 42.3 Å². The number of halogens is 3. The van der Waals surface area contributed by atoms with E-state index in [0.29, 0.717) is 58.1 Å². The minimum absolute atomic E-state index is 0.0203. The lowest BCUT2D eigenvalue weighted by Crippen LogP contribution is -2.19. The standard InChI is InChI=1S/C24H24ClF2N9O/c1-15(6-8-37-24-18(12-31-35(24)2)23-29-7-5-22(28)34-23)33-19-9-20(25)30-11-17(19)4-3-16-10-32-36(13-16)14-21(26)27/h5,7,9-13,15,21H,6,8,14H2,1-2H3,(H,30,33)(H2,28,29,34)/t15-/m1/s1. The van der Waals surface area contributed by atoms with Crippen LogP contribution in [-0.2, 0) is 13.6 Å². The molecule has 13 heteroatoms. The van der Waals surface area contributed by atoms with Gasteiger partial charge in [0, 0.05) is 38.1 Å². The van der Waals surface area contributed by atoms with Crippen molar-refractivity contribution in [2.45, 2.75) is 32.4 Å². The zero-order chi connectivity index (χ0) is 26.4. The van der Waals surface area contributed by atoms with E-state index in [1.165, 1.54) is 12.4 Å². The molecule has 0 radical (unpaired) electrons. The second-order valence-electron chi connectivity index (χ2n) is 8.12. The lowest BCUT2D eigenvalue weighted by Gasteiger charge is -2.17. The van der Waals surface area contributed by atoms with Crippen molar-refractivity contribution in [2.75, 3.05) is 17.7 Å². The Morgan fingerprint density at radius 3 is 2.81 bits per heavy atom. The van der Waals surface area contributed by atoms with Crippen LogP contribution in [0.25, 0.3) is 11.4 Å². The van der Waals surface area contributed by atoms with E-state index in [1.54, 1.807) is 42.5 Å². The van der Waals surface area contributed by atoms with Crippen molar-refractivity contribution in [3.05, 3.63) is 59.4 Å². The number of nitrogens with one attached hydrogen (secondary N) is 1. The van der Waals surface area contributed by atoms with Crippen molar-refractivity contribution >= 4 is 23.1 Å². The number of rotatable bonds is 9. The first-order valence-corrected chi connectivity index (χ1v) is 11.6. The first-order valence-electron chi connectivity index (χ1n) is 11.3. The van der Waals surface area contributed by atoms with Crippen molar-refractivity contribution < 1.29 is 13.5 Å². The van der Waals surface area contributed by atoms with Crippen LogP contribution in [0, 0.1) is 11.8 Å². The molecule has 0 aliphatic carbocycles. The molecule has 37 heavy (non-hydrogen) atoms. The molecule has 4 aromatic rings. The molecule has 3 N–H and O–H groups in total. The molecule has 0 amide bonds. The summed E-state index contributed by atoms with van der Waals surface area (Å²) in [7, 11) is 1.77. The molecule has 1 atom stereocenters. The number of pyridine rings is 1. The van der Waals surface area contributed by atoms with Crippen molar-refractivity contribution in [1.82, 2.24) is 34.5 Å². The van der Waals surface area contributed by atoms with Gasteiger partial charge in [0.1, 0.15) is 23.1 Å². The van der Waals surface area contributed by atoms with E-state index in [4.69, 9.17) is 22.1 Å². The number of aromatic nitrogens is 7. The van der Waals surface area contributed by atoms with Crippen LogP contribution < -0.4 is 15.8 Å². The molecule has 0 saturated heterocycles. The molecule has 0 saturated carbocycles. The number of aryl methyl sites for hydroxylation is 1. The Labute approximate surface area is 216 Å². The molecule has 0 unspecified atom stereocenters. The molecule has 0 aliphatic heterocycles. The Balaban J connectivity index is 1.40. The first-order chi connectivity index (χ1) is 17.8. The van der Waals surface area contributed by atoms with Crippen LogP contribution in [-0.4, -0.2) is 53.6 Å². The molecule has 0 aromatic carbocycles. The third kappa shape index (κ3) is 6.92. The van der Waals surface area contributed by atoms with Gasteiger partial charge in [0.15, 0.2) is 5.82 Å². The van der Waals surface area contributed by atoms with Gasteiger partial charge in [-0.05, 0) is 19.1 Å². The number of nitrogen functional groups attached to an aromatic ring is 1. The largest absolute Gasteiger partial charge is 0.477 e. The fraction of sp³-hybridized carbons (Fsp3) is 0.292. The van der Waals surface area contributed by atoms with Gasteiger partial charge < -0.3 is 15.8 Å². The summed E-state index contributed by atoms with van der Waals surface area (Å²) < 4.78 is 33.9. The van der Waals surface area contributed by atoms with Crippen molar-refractivity contribution in [1.29, 1.82) is 0 Å². The molecular formula is C24H24ClF2N9O. The van der Waals surface area contributed by atoms with E-state index in [9.17, 15) is 8.78 Å². The van der Waals surface area contributed by atoms with Gasteiger partial charge in [0.25, 0.3) is 6.43 Å². The molecule has 0 spiro atoms. The minimum atomic E-state index is -2.49. The van der Waals surface area contributed by atoms with Gasteiger partial charge in [0.05, 0.1) is 35.8 Å². The number of ether oxygens (including phenoxy) is 1. The van der Waals surface area contributed by atoms with Gasteiger partial charge in [-0.3, -0.25) is 4.68 Å². The number of nitrogens with two attached hydrogens (primary N) is 1. The molecule has 0 fully saturated rings. The Hall–Kier alpha value is -4.24. The molecule has 10 nitrogen and oxygen atoms in total. The van der Waals surface area contributed by atoms with Gasteiger partial charge in [-0.25, -0.2) is 28.4 Å². The normalized spacial score (nSPS) is 11.7. The molecule has 4 aromatic heterocycles. The van der Waals surface area contributed by atoms with Crippen molar-refractivity contribution in [3.63, 3.8) is 0 Å². The van der Waals surface area contributed by atoms with Crippen LogP contribution in [0.15, 0.2) is 43.1 Å². The molecule has 4 heterocycles. The summed E-state index contributed by atoms with van der Waals surface area (Å²) >= 11 is 6.11. The van der Waals surface area contributed by atoms with Crippen LogP contribution in [0.4, 0.5) is 20.3 Å². The van der Waals surface area contributed by atoms with E-state index in [-0.39, 0.29) is 6.04 Å². The predicted molar refractivity (Wildman–Crippen MR) is 135 cm³/mol. The topological polar surface area (TPSA) is 122 Å². The Kier molecular flexibility index (Phi) is 8.15. The Morgan fingerprint density at radius 1 is 1.19 bits per heavy atom. The third-order valence-electron chi connectivity index (χ3n) is 5.16. The molecular weight excluding hydrogens is 504 g/mol. The monoisotopic (exact) mass is 527 g/mol. The van der Waals surface area contributed by atoms with Crippen LogP contribution in [0.1, 0.15) is 24.5 Å². The first kappa shape index (κ1) is 25.8. The molecule has 0 aliphatic rings. The zero-order valence-electron chi connectivity index (χ0n) is 20.1. The SMILES string of the molecule is C[C@H](CCOc1c(-c2nccc(N)n2)cnn1C)Nc1cc(Cl)ncc1C#Cc1cnn(CC(F)F)c1. The van der Waals surface area contributed by atoms with Crippen LogP contribution in [0.5, 0.6) is 5.88 Å². The molecule has 4 rings (SSSR count). The average Bonchev–Trinajstić information content (AvgIpc) is 3.44. The summed E-state index contributed by atoms with van der Waals surface area (Å²) in [6.07, 6.45) is 5.82. The second kappa shape index (κ2) is 11.7. The van der Waals surface area contributed by atoms with Gasteiger partial charge in [-0.2, -0.15) is 10.2 Å². The van der Waals surface area contributed by atoms with Gasteiger partial charge in [-0.15, -0.1) is 0 Å². The smallest absolute Gasteiger partial charge is 0.257 e. The highest BCUT2D eigenvalue weighted by Gasteiger charge is 2.16. The van der Waals surface area contributed by atoms with Crippen LogP contribution in [0.3, 0.4) is 0 Å². The summed E-state index contributed by atoms with van der Waals surface area (Å²) in [5, 5.41) is 11.8. The maximum absolute atomic E-state index is 12.5. The fourth-order valence-electron chi connectivity index (χ4n) is 3.38. The van der Waals surface area contributed by atoms with Crippen LogP contribution >= 0.6 is 11.6 Å². The summed E-state index contributed by atoms with van der Waals surface area (Å²) in [4.78, 5) is 12.6. The summed E-state index contributed by atoms with van der Waals surface area (Å²) in [6.45, 7) is 1.89. The van der Waals surface area contributed by atoms with Gasteiger partial charge in [0.2, 0.25) is 5.88 Å². The van der Waals surface area contributed by atoms with E-state index >= 15 is 0 Å². The zero-order valence-corrected chi connectivity index (χ0v) is 20.8. The highest BCUT2D eigenvalue weighted by atomic mass is 35.5. The number of anilines is 2. The highest BCUT2D eigenvalue weighted by Crippen LogP contribution is 2.27. The maximum Gasteiger partial charge on any atom is 0.257 e. The number of hydrogen-bond acceptors (Lipinski definition) is 8. The Bertz CT molecular complexity index is 1430. The Morgan fingerprint density at radius 2 is 2.03 bits per heavy atom. The average molecular weight is 528 g/mol. The lowest BCUT2D eigenvalue weighted by molar-refractivity contribution is 0.122. The quantitative estimate of drug-likeness (QED) is 0.250. The maximum atomic E-state index is 12.5. The summed E-state index contributed by atoms with van der Waals surface area (Å²) in [5.74, 6) is 7.25. The molecule has 192 valence electrons. The molecule has 0 bridgehead atoms. The third-order valence-corrected chi connectivity index (χ3v) is 5.37. The van der Waals surface area contributed by atoms with Crippen LogP contribution in [0.2, 0.25) is 5.15 Å². The van der Waals surface area contributed by atoms with Crippen molar-refractivity contribution in [2.24, 2.45) is 7.05 Å². The fourth-order valence-corrected chi connectivity index (χ4v) is 3.54. The number of hydrogen-bond donors (Lipinski definition) is 2. The minimum Gasteiger partial charge on any atom is -0.477 e. The number of alkyl halides is 2. The predicted octanol–water partition coefficient (Wildman–Crippen LogP) is 3.64. The number of nitrogens with zero attached hydrogens (tertiary/aromatic N) is 7. The summed E-state index contributed by atoms with van der Waals surface area (Å²) in [6, 6.07) is 3.27.